The van der Waals surface area contributed by atoms with Gasteiger partial charge in [0.2, 0.25) is 0 Å². The van der Waals surface area contributed by atoms with Crippen molar-refractivity contribution in [1.82, 2.24) is 0 Å². The lowest BCUT2D eigenvalue weighted by Crippen LogP contribution is -2.57. The molecule has 3 rings (SSSR count). The second-order valence-electron chi connectivity index (χ2n) is 9.43. The van der Waals surface area contributed by atoms with E-state index in [0.717, 1.165) is 31.3 Å². The van der Waals surface area contributed by atoms with E-state index in [9.17, 15) is 14.7 Å². The molecule has 0 radical (unpaired) electrons. The molecule has 0 heterocycles. The van der Waals surface area contributed by atoms with E-state index in [1.807, 2.05) is 13.0 Å². The van der Waals surface area contributed by atoms with E-state index in [4.69, 9.17) is 4.74 Å². The topological polar surface area (TPSA) is 63.6 Å². The molecule has 3 aliphatic rings. The van der Waals surface area contributed by atoms with E-state index in [1.54, 1.807) is 0 Å². The average molecular weight is 360 g/mol. The first kappa shape index (κ1) is 19.3. The fourth-order valence-electron chi connectivity index (χ4n) is 5.71. The zero-order valence-electron chi connectivity index (χ0n) is 16.6. The van der Waals surface area contributed by atoms with Gasteiger partial charge in [0.05, 0.1) is 12.7 Å². The van der Waals surface area contributed by atoms with Crippen molar-refractivity contribution in [2.24, 2.45) is 22.2 Å². The summed E-state index contributed by atoms with van der Waals surface area (Å²) in [6.45, 7) is 12.0. The summed E-state index contributed by atoms with van der Waals surface area (Å²) in [6.07, 6.45) is 6.11. The minimum absolute atomic E-state index is 0.00237. The number of carbonyl (C=O) groups excluding carboxylic acids is 2. The average Bonchev–Trinajstić information content (AvgIpc) is 2.59. The number of carbonyl (C=O) groups is 2. The van der Waals surface area contributed by atoms with Crippen molar-refractivity contribution in [3.63, 3.8) is 0 Å². The molecule has 0 aromatic rings. The summed E-state index contributed by atoms with van der Waals surface area (Å²) in [5, 5.41) is 10.8. The molecular weight excluding hydrogens is 328 g/mol. The highest BCUT2D eigenvalue weighted by Crippen LogP contribution is 2.62. The van der Waals surface area contributed by atoms with E-state index < -0.39 is 11.5 Å². The number of ether oxygens (including phenoxy) is 1. The Kier molecular flexibility index (Phi) is 4.71. The third-order valence-electron chi connectivity index (χ3n) is 7.65. The second-order valence-corrected chi connectivity index (χ2v) is 9.43. The molecule has 26 heavy (non-hydrogen) atoms. The molecule has 0 amide bonds. The summed E-state index contributed by atoms with van der Waals surface area (Å²) in [6, 6.07) is 0. The van der Waals surface area contributed by atoms with Crippen LogP contribution in [0, 0.1) is 22.2 Å². The lowest BCUT2D eigenvalue weighted by molar-refractivity contribution is -0.163. The summed E-state index contributed by atoms with van der Waals surface area (Å²) in [7, 11) is 0. The molecule has 1 saturated carbocycles. The predicted molar refractivity (Wildman–Crippen MR) is 100 cm³/mol. The van der Waals surface area contributed by atoms with Crippen LogP contribution in [-0.2, 0) is 14.3 Å². The number of hydrogen-bond acceptors (Lipinski definition) is 4. The molecule has 0 aromatic heterocycles. The van der Waals surface area contributed by atoms with Crippen molar-refractivity contribution in [1.29, 1.82) is 0 Å². The molecule has 0 unspecified atom stereocenters. The number of rotatable bonds is 3. The van der Waals surface area contributed by atoms with E-state index in [-0.39, 0.29) is 35.1 Å². The summed E-state index contributed by atoms with van der Waals surface area (Å²) in [5.74, 6) is -0.136. The van der Waals surface area contributed by atoms with Crippen molar-refractivity contribution >= 4 is 11.8 Å². The molecule has 0 bridgehead atoms. The van der Waals surface area contributed by atoms with Crippen LogP contribution < -0.4 is 0 Å². The molecule has 0 aromatic carbocycles. The van der Waals surface area contributed by atoms with Gasteiger partial charge in [0.25, 0.3) is 0 Å². The Morgan fingerprint density at radius 2 is 2.04 bits per heavy atom. The number of esters is 1. The van der Waals surface area contributed by atoms with Crippen LogP contribution in [0.15, 0.2) is 23.8 Å². The molecule has 4 heteroatoms. The first-order chi connectivity index (χ1) is 12.1. The van der Waals surface area contributed by atoms with Gasteiger partial charge >= 0.3 is 5.97 Å². The third-order valence-corrected chi connectivity index (χ3v) is 7.65. The van der Waals surface area contributed by atoms with Gasteiger partial charge < -0.3 is 9.84 Å². The first-order valence-corrected chi connectivity index (χ1v) is 9.76. The van der Waals surface area contributed by atoms with Crippen LogP contribution in [0.5, 0.6) is 0 Å². The molecule has 4 nitrogen and oxygen atoms in total. The molecule has 3 aliphatic carbocycles. The minimum atomic E-state index is -0.591. The van der Waals surface area contributed by atoms with E-state index >= 15 is 0 Å². The Hall–Kier alpha value is -1.42. The summed E-state index contributed by atoms with van der Waals surface area (Å²) in [5.41, 5.74) is 1.58. The smallest absolute Gasteiger partial charge is 0.302 e. The van der Waals surface area contributed by atoms with Gasteiger partial charge in [0, 0.05) is 18.8 Å². The Morgan fingerprint density at radius 1 is 1.35 bits per heavy atom. The first-order valence-electron chi connectivity index (χ1n) is 9.76. The second kappa shape index (κ2) is 6.33. The van der Waals surface area contributed by atoms with Crippen LogP contribution in [0.3, 0.4) is 0 Å². The zero-order chi connectivity index (χ0) is 19.3. The van der Waals surface area contributed by atoms with Gasteiger partial charge in [-0.05, 0) is 54.4 Å². The van der Waals surface area contributed by atoms with Crippen LogP contribution >= 0.6 is 0 Å². The number of aliphatic hydroxyl groups is 1. The lowest BCUT2D eigenvalue weighted by atomic mass is 9.46. The lowest BCUT2D eigenvalue weighted by Gasteiger charge is -2.58. The highest BCUT2D eigenvalue weighted by Gasteiger charge is 2.59. The van der Waals surface area contributed by atoms with Crippen LogP contribution in [0.1, 0.15) is 66.2 Å². The quantitative estimate of drug-likeness (QED) is 0.611. The molecule has 1 N–H and O–H groups in total. The van der Waals surface area contributed by atoms with Gasteiger partial charge in [-0.15, -0.1) is 6.58 Å². The fourth-order valence-corrected chi connectivity index (χ4v) is 5.71. The van der Waals surface area contributed by atoms with E-state index in [2.05, 4.69) is 20.4 Å². The normalized spacial score (nSPS) is 42.7. The van der Waals surface area contributed by atoms with Crippen LogP contribution in [0.4, 0.5) is 0 Å². The maximum absolute atomic E-state index is 13.1. The fraction of sp³-hybridized carbons (Fsp3) is 0.727. The number of ketones is 1. The standard InChI is InChI=1S/C22H32O4/c1-6-20(3)9-7-16-15(12-20)17(24)11-18-21(16,4)10-8-19(25)22(18,5)13-26-14(2)23/h6,18-19,25H,1,7-13H2,2-5H3/t18-,19+,20-,21-,22-/m1/s1. The van der Waals surface area contributed by atoms with Gasteiger partial charge in [-0.25, -0.2) is 0 Å². The highest BCUT2D eigenvalue weighted by molar-refractivity contribution is 5.98. The van der Waals surface area contributed by atoms with E-state index in [1.165, 1.54) is 12.5 Å². The van der Waals surface area contributed by atoms with Gasteiger partial charge in [0.15, 0.2) is 5.78 Å². The number of allylic oxidation sites excluding steroid dienone is 3. The molecule has 5 atom stereocenters. The highest BCUT2D eigenvalue weighted by atomic mass is 16.5. The third kappa shape index (κ3) is 2.87. The monoisotopic (exact) mass is 360 g/mol. The Morgan fingerprint density at radius 3 is 2.65 bits per heavy atom. The molecule has 0 saturated heterocycles. The maximum Gasteiger partial charge on any atom is 0.302 e. The molecule has 0 aliphatic heterocycles. The number of hydrogen-bond donors (Lipinski definition) is 1. The summed E-state index contributed by atoms with van der Waals surface area (Å²) >= 11 is 0. The van der Waals surface area contributed by atoms with Gasteiger partial charge in [-0.3, -0.25) is 9.59 Å². The van der Waals surface area contributed by atoms with Crippen molar-refractivity contribution in [2.45, 2.75) is 72.3 Å². The summed E-state index contributed by atoms with van der Waals surface area (Å²) in [4.78, 5) is 24.5. The molecule has 0 spiro atoms. The number of Topliss-reactive ketones (excluding diaryl/α,β-unsaturated/α-hetero) is 1. The summed E-state index contributed by atoms with van der Waals surface area (Å²) < 4.78 is 5.33. The number of aliphatic hydroxyl groups excluding tert-OH is 1. The van der Waals surface area contributed by atoms with Crippen molar-refractivity contribution in [3.05, 3.63) is 23.8 Å². The van der Waals surface area contributed by atoms with E-state index in [0.29, 0.717) is 12.8 Å². The molecular formula is C22H32O4. The van der Waals surface area contributed by atoms with Crippen LogP contribution in [0.2, 0.25) is 0 Å². The van der Waals surface area contributed by atoms with Crippen molar-refractivity contribution in [3.8, 4) is 0 Å². The van der Waals surface area contributed by atoms with Crippen LogP contribution in [0.25, 0.3) is 0 Å². The van der Waals surface area contributed by atoms with Crippen LogP contribution in [-0.4, -0.2) is 29.6 Å². The largest absolute Gasteiger partial charge is 0.465 e. The molecule has 1 fully saturated rings. The minimum Gasteiger partial charge on any atom is -0.465 e. The van der Waals surface area contributed by atoms with Gasteiger partial charge in [-0.2, -0.15) is 0 Å². The molecule has 144 valence electrons. The SMILES string of the molecule is C=C[C@]1(C)CCC2=C(C1)C(=O)C[C@H]1[C@@](C)(COC(C)=O)[C@@H](O)CC[C@]21C. The van der Waals surface area contributed by atoms with Crippen molar-refractivity contribution in [2.75, 3.05) is 6.61 Å². The Balaban J connectivity index is 2.02. The zero-order valence-corrected chi connectivity index (χ0v) is 16.6. The Labute approximate surface area is 156 Å². The number of fused-ring (bicyclic) bond motifs is 2. The predicted octanol–water partition coefficient (Wildman–Crippen LogP) is 3.98. The Bertz CT molecular complexity index is 678. The van der Waals surface area contributed by atoms with Crippen molar-refractivity contribution < 1.29 is 19.4 Å². The van der Waals surface area contributed by atoms with Gasteiger partial charge in [-0.1, -0.05) is 32.4 Å². The van der Waals surface area contributed by atoms with Gasteiger partial charge in [0.1, 0.15) is 0 Å². The maximum atomic E-state index is 13.1.